The first-order valence-corrected chi connectivity index (χ1v) is 5.19. The number of thiazole rings is 1. The van der Waals surface area contributed by atoms with Crippen molar-refractivity contribution >= 4 is 16.3 Å². The Morgan fingerprint density at radius 2 is 2.29 bits per heavy atom. The number of aryl methyl sites for hydroxylation is 1. The van der Waals surface area contributed by atoms with Gasteiger partial charge in [-0.05, 0) is 13.8 Å². The molecule has 0 fully saturated rings. The summed E-state index contributed by atoms with van der Waals surface area (Å²) in [7, 11) is 0. The van der Waals surface area contributed by atoms with E-state index in [1.165, 1.54) is 11.3 Å². The number of nitrogens with two attached hydrogens (primary N) is 1. The molecule has 5 heteroatoms. The molecule has 0 saturated heterocycles. The lowest BCUT2D eigenvalue weighted by Crippen LogP contribution is -2.20. The predicted molar refractivity (Wildman–Crippen MR) is 56.7 cm³/mol. The van der Waals surface area contributed by atoms with E-state index >= 15 is 0 Å². The van der Waals surface area contributed by atoms with Crippen LogP contribution < -0.4 is 11.3 Å². The molecule has 0 saturated carbocycles. The standard InChI is InChI=1S/C9H11N3OS/c1-5-6(2)11-9-12(8(5)13)7(3-10)4-14-9/h4H,3,10H2,1-2H3. The van der Waals surface area contributed by atoms with Gasteiger partial charge in [-0.15, -0.1) is 11.3 Å². The normalized spacial score (nSPS) is 11.1. The maximum atomic E-state index is 11.9. The highest BCUT2D eigenvalue weighted by Crippen LogP contribution is 2.13. The third-order valence-electron chi connectivity index (χ3n) is 2.32. The molecule has 2 rings (SSSR count). The summed E-state index contributed by atoms with van der Waals surface area (Å²) in [4.78, 5) is 16.9. The van der Waals surface area contributed by atoms with E-state index in [4.69, 9.17) is 5.73 Å². The third-order valence-corrected chi connectivity index (χ3v) is 3.19. The zero-order valence-electron chi connectivity index (χ0n) is 8.07. The molecule has 0 atom stereocenters. The summed E-state index contributed by atoms with van der Waals surface area (Å²) in [6.45, 7) is 4.00. The average Bonchev–Trinajstić information content (AvgIpc) is 2.57. The van der Waals surface area contributed by atoms with Crippen LogP contribution >= 0.6 is 11.3 Å². The second-order valence-corrected chi connectivity index (χ2v) is 4.01. The van der Waals surface area contributed by atoms with E-state index in [1.807, 2.05) is 12.3 Å². The zero-order valence-corrected chi connectivity index (χ0v) is 8.89. The Bertz CT molecular complexity index is 541. The predicted octanol–water partition coefficient (Wildman–Crippen LogP) is 0.832. The molecule has 2 aromatic rings. The number of hydrogen-bond donors (Lipinski definition) is 1. The lowest BCUT2D eigenvalue weighted by molar-refractivity contribution is 0.902. The van der Waals surface area contributed by atoms with Gasteiger partial charge < -0.3 is 5.73 Å². The van der Waals surface area contributed by atoms with Crippen molar-refractivity contribution in [3.8, 4) is 0 Å². The topological polar surface area (TPSA) is 60.4 Å². The van der Waals surface area contributed by atoms with Crippen LogP contribution in [0.15, 0.2) is 10.2 Å². The molecule has 4 nitrogen and oxygen atoms in total. The Labute approximate surface area is 85.0 Å². The van der Waals surface area contributed by atoms with Crippen LogP contribution in [0.2, 0.25) is 0 Å². The van der Waals surface area contributed by atoms with Gasteiger partial charge in [0, 0.05) is 23.2 Å². The van der Waals surface area contributed by atoms with Crippen molar-refractivity contribution in [2.24, 2.45) is 5.73 Å². The van der Waals surface area contributed by atoms with Crippen LogP contribution in [0.1, 0.15) is 17.0 Å². The first-order chi connectivity index (χ1) is 6.65. The maximum absolute atomic E-state index is 11.9. The second-order valence-electron chi connectivity index (χ2n) is 3.18. The molecule has 2 N–H and O–H groups in total. The van der Waals surface area contributed by atoms with Gasteiger partial charge in [-0.25, -0.2) is 4.98 Å². The smallest absolute Gasteiger partial charge is 0.261 e. The fourth-order valence-corrected chi connectivity index (χ4v) is 2.27. The molecular weight excluding hydrogens is 198 g/mol. The molecular formula is C9H11N3OS. The largest absolute Gasteiger partial charge is 0.325 e. The SMILES string of the molecule is Cc1nc2scc(CN)n2c(=O)c1C. The number of hydrogen-bond acceptors (Lipinski definition) is 4. The minimum absolute atomic E-state index is 0.00537. The van der Waals surface area contributed by atoms with Crippen molar-refractivity contribution in [1.82, 2.24) is 9.38 Å². The summed E-state index contributed by atoms with van der Waals surface area (Å²) >= 11 is 1.45. The molecule has 0 radical (unpaired) electrons. The van der Waals surface area contributed by atoms with Gasteiger partial charge in [0.25, 0.3) is 5.56 Å². The Morgan fingerprint density at radius 3 is 2.93 bits per heavy atom. The molecule has 0 spiro atoms. The highest BCUT2D eigenvalue weighted by Gasteiger charge is 2.09. The Balaban J connectivity index is 2.96. The summed E-state index contributed by atoms with van der Waals surface area (Å²) in [5.74, 6) is 0. The Morgan fingerprint density at radius 1 is 1.57 bits per heavy atom. The highest BCUT2D eigenvalue weighted by atomic mass is 32.1. The average molecular weight is 209 g/mol. The molecule has 0 aliphatic rings. The molecule has 0 aliphatic carbocycles. The van der Waals surface area contributed by atoms with Crippen LogP contribution in [0, 0.1) is 13.8 Å². The molecule has 14 heavy (non-hydrogen) atoms. The molecule has 0 bridgehead atoms. The van der Waals surface area contributed by atoms with Crippen LogP contribution in [0.25, 0.3) is 4.96 Å². The molecule has 2 heterocycles. The van der Waals surface area contributed by atoms with Crippen molar-refractivity contribution in [2.45, 2.75) is 20.4 Å². The Kier molecular flexibility index (Phi) is 2.13. The van der Waals surface area contributed by atoms with Crippen molar-refractivity contribution in [2.75, 3.05) is 0 Å². The maximum Gasteiger partial charge on any atom is 0.261 e. The third kappa shape index (κ3) is 1.17. The Hall–Kier alpha value is -1.20. The van der Waals surface area contributed by atoms with E-state index in [9.17, 15) is 4.79 Å². The van der Waals surface area contributed by atoms with E-state index in [0.29, 0.717) is 12.1 Å². The van der Waals surface area contributed by atoms with Gasteiger partial charge in [0.1, 0.15) is 0 Å². The van der Waals surface area contributed by atoms with Crippen LogP contribution in [0.5, 0.6) is 0 Å². The summed E-state index contributed by atoms with van der Waals surface area (Å²) in [5, 5.41) is 1.88. The minimum Gasteiger partial charge on any atom is -0.325 e. The molecule has 0 unspecified atom stereocenters. The van der Waals surface area contributed by atoms with Crippen LogP contribution in [-0.4, -0.2) is 9.38 Å². The fraction of sp³-hybridized carbons (Fsp3) is 0.333. The number of aromatic nitrogens is 2. The summed E-state index contributed by atoms with van der Waals surface area (Å²) in [6, 6.07) is 0. The quantitative estimate of drug-likeness (QED) is 0.756. The summed E-state index contributed by atoms with van der Waals surface area (Å²) in [6.07, 6.45) is 0. The molecule has 0 aromatic carbocycles. The van der Waals surface area contributed by atoms with E-state index in [-0.39, 0.29) is 5.56 Å². The second kappa shape index (κ2) is 3.18. The van der Waals surface area contributed by atoms with Crippen molar-refractivity contribution < 1.29 is 0 Å². The molecule has 0 aliphatic heterocycles. The van der Waals surface area contributed by atoms with Gasteiger partial charge in [-0.1, -0.05) is 0 Å². The lowest BCUT2D eigenvalue weighted by atomic mass is 10.3. The number of fused-ring (bicyclic) bond motifs is 1. The van der Waals surface area contributed by atoms with Crippen LogP contribution in [0.3, 0.4) is 0 Å². The van der Waals surface area contributed by atoms with Crippen molar-refractivity contribution in [3.05, 3.63) is 32.7 Å². The van der Waals surface area contributed by atoms with Gasteiger partial charge in [-0.3, -0.25) is 9.20 Å². The minimum atomic E-state index is -0.00537. The number of nitrogens with zero attached hydrogens (tertiary/aromatic N) is 2. The fourth-order valence-electron chi connectivity index (χ4n) is 1.33. The van der Waals surface area contributed by atoms with E-state index < -0.39 is 0 Å². The van der Waals surface area contributed by atoms with E-state index in [2.05, 4.69) is 4.98 Å². The van der Waals surface area contributed by atoms with Gasteiger partial charge in [-0.2, -0.15) is 0 Å². The molecule has 74 valence electrons. The lowest BCUT2D eigenvalue weighted by Gasteiger charge is -2.01. The first-order valence-electron chi connectivity index (χ1n) is 4.31. The van der Waals surface area contributed by atoms with E-state index in [0.717, 1.165) is 16.3 Å². The van der Waals surface area contributed by atoms with E-state index in [1.54, 1.807) is 11.3 Å². The monoisotopic (exact) mass is 209 g/mol. The van der Waals surface area contributed by atoms with Crippen LogP contribution in [-0.2, 0) is 6.54 Å². The zero-order chi connectivity index (χ0) is 10.3. The molecule has 2 aromatic heterocycles. The van der Waals surface area contributed by atoms with Gasteiger partial charge >= 0.3 is 0 Å². The first kappa shape index (κ1) is 9.36. The summed E-state index contributed by atoms with van der Waals surface area (Å²) in [5.41, 5.74) is 7.84. The van der Waals surface area contributed by atoms with Gasteiger partial charge in [0.2, 0.25) is 0 Å². The van der Waals surface area contributed by atoms with Gasteiger partial charge in [0.15, 0.2) is 4.96 Å². The van der Waals surface area contributed by atoms with Crippen molar-refractivity contribution in [1.29, 1.82) is 0 Å². The number of rotatable bonds is 1. The molecule has 0 amide bonds. The van der Waals surface area contributed by atoms with Gasteiger partial charge in [0.05, 0.1) is 5.69 Å². The summed E-state index contributed by atoms with van der Waals surface area (Å²) < 4.78 is 1.59. The highest BCUT2D eigenvalue weighted by molar-refractivity contribution is 7.15. The van der Waals surface area contributed by atoms with Crippen molar-refractivity contribution in [3.63, 3.8) is 0 Å². The van der Waals surface area contributed by atoms with Crippen LogP contribution in [0.4, 0.5) is 0 Å².